The minimum absolute atomic E-state index is 0.0138. The normalized spacial score (nSPS) is 20.5. The minimum atomic E-state index is -0.848. The Balaban J connectivity index is 2.12. The Hall–Kier alpha value is -1.61. The number of aliphatic hydroxyl groups excluding tert-OH is 1. The van der Waals surface area contributed by atoms with Crippen LogP contribution in [0.4, 0.5) is 0 Å². The molecule has 1 aliphatic heterocycles. The van der Waals surface area contributed by atoms with Crippen LogP contribution in [0.5, 0.6) is 0 Å². The van der Waals surface area contributed by atoms with Gasteiger partial charge in [-0.2, -0.15) is 12.6 Å². The van der Waals surface area contributed by atoms with Crippen LogP contribution < -0.4 is 16.4 Å². The number of amides is 2. The lowest BCUT2D eigenvalue weighted by Crippen LogP contribution is -2.58. The third kappa shape index (κ3) is 8.44. The smallest absolute Gasteiger partial charge is 0.238 e. The summed E-state index contributed by atoms with van der Waals surface area (Å²) in [6.07, 6.45) is 2.34. The lowest BCUT2D eigenvalue weighted by atomic mass is 9.96. The number of nitrogens with zero attached hydrogens (tertiary/aromatic N) is 1. The molecular weight excluding hydrogens is 412 g/mol. The van der Waals surface area contributed by atoms with Gasteiger partial charge in [0.2, 0.25) is 11.8 Å². The molecule has 0 aromatic heterocycles. The zero-order valence-corrected chi connectivity index (χ0v) is 19.8. The molecule has 0 bridgehead atoms. The highest BCUT2D eigenvalue weighted by Gasteiger charge is 2.34. The van der Waals surface area contributed by atoms with E-state index in [2.05, 4.69) is 23.3 Å². The van der Waals surface area contributed by atoms with E-state index in [4.69, 9.17) is 5.73 Å². The third-order valence-corrected chi connectivity index (χ3v) is 5.85. The fourth-order valence-electron chi connectivity index (χ4n) is 3.85. The Kier molecular flexibility index (Phi) is 9.81. The van der Waals surface area contributed by atoms with Gasteiger partial charge in [-0.05, 0) is 52.1 Å². The highest BCUT2D eigenvalue weighted by atomic mass is 32.1. The lowest BCUT2D eigenvalue weighted by molar-refractivity contribution is -0.130. The Labute approximate surface area is 191 Å². The fourth-order valence-corrected chi connectivity index (χ4v) is 4.02. The van der Waals surface area contributed by atoms with Crippen molar-refractivity contribution in [1.82, 2.24) is 15.5 Å². The van der Waals surface area contributed by atoms with Crippen LogP contribution in [-0.4, -0.2) is 70.4 Å². The van der Waals surface area contributed by atoms with Gasteiger partial charge in [0.05, 0.1) is 24.2 Å². The molecule has 4 atom stereocenters. The first-order chi connectivity index (χ1) is 14.6. The summed E-state index contributed by atoms with van der Waals surface area (Å²) in [6, 6.07) is 8.17. The van der Waals surface area contributed by atoms with E-state index in [-0.39, 0.29) is 29.1 Å². The molecule has 1 aliphatic rings. The molecule has 0 radical (unpaired) electrons. The van der Waals surface area contributed by atoms with Crippen LogP contribution in [0.1, 0.15) is 45.6 Å². The second-order valence-corrected chi connectivity index (χ2v) is 9.77. The van der Waals surface area contributed by atoms with Crippen molar-refractivity contribution >= 4 is 24.4 Å². The van der Waals surface area contributed by atoms with Crippen LogP contribution in [0.3, 0.4) is 0 Å². The summed E-state index contributed by atoms with van der Waals surface area (Å²) in [6.45, 7) is 6.92. The quantitative estimate of drug-likeness (QED) is 0.362. The summed E-state index contributed by atoms with van der Waals surface area (Å²) in [5.74, 6) is -0.128. The predicted octanol–water partition coefficient (Wildman–Crippen LogP) is 1.10. The first-order valence-corrected chi connectivity index (χ1v) is 11.7. The van der Waals surface area contributed by atoms with Gasteiger partial charge in [-0.15, -0.1) is 0 Å². The largest absolute Gasteiger partial charge is 0.390 e. The molecule has 5 N–H and O–H groups in total. The van der Waals surface area contributed by atoms with Gasteiger partial charge in [0, 0.05) is 17.8 Å². The number of piperidine rings is 1. The molecule has 0 saturated carbocycles. The van der Waals surface area contributed by atoms with Gasteiger partial charge in [0.25, 0.3) is 0 Å². The van der Waals surface area contributed by atoms with E-state index in [1.54, 1.807) is 0 Å². The van der Waals surface area contributed by atoms with E-state index >= 15 is 0 Å². The second-order valence-electron chi connectivity index (χ2n) is 9.41. The number of likely N-dealkylation sites (tertiary alicyclic amines) is 1. The summed E-state index contributed by atoms with van der Waals surface area (Å²) in [5, 5.41) is 17.1. The van der Waals surface area contributed by atoms with Gasteiger partial charge < -0.3 is 21.5 Å². The van der Waals surface area contributed by atoms with Crippen molar-refractivity contribution in [1.29, 1.82) is 0 Å². The molecular formula is C23H38N4O3S. The van der Waals surface area contributed by atoms with Crippen molar-refractivity contribution in [2.24, 2.45) is 5.73 Å². The summed E-state index contributed by atoms with van der Waals surface area (Å²) < 4.78 is 0. The van der Waals surface area contributed by atoms with Gasteiger partial charge in [-0.25, -0.2) is 0 Å². The van der Waals surface area contributed by atoms with Crippen LogP contribution in [0.2, 0.25) is 0 Å². The summed E-state index contributed by atoms with van der Waals surface area (Å²) >= 11 is 4.10. The summed E-state index contributed by atoms with van der Waals surface area (Å²) in [4.78, 5) is 27.3. The first-order valence-electron chi connectivity index (χ1n) is 11.1. The summed E-state index contributed by atoms with van der Waals surface area (Å²) in [7, 11) is 0. The van der Waals surface area contributed by atoms with Crippen LogP contribution in [0.25, 0.3) is 0 Å². The van der Waals surface area contributed by atoms with E-state index in [1.807, 2.05) is 56.0 Å². The molecule has 1 aromatic carbocycles. The Morgan fingerprint density at radius 2 is 1.94 bits per heavy atom. The molecule has 7 nitrogen and oxygen atoms in total. The lowest BCUT2D eigenvalue weighted by Gasteiger charge is -2.38. The average Bonchev–Trinajstić information content (AvgIpc) is 2.72. The third-order valence-electron chi connectivity index (χ3n) is 5.46. The van der Waals surface area contributed by atoms with Gasteiger partial charge in [0.15, 0.2) is 0 Å². The number of β-amino-alcohol motifs (C(OH)–C–C–N with tert-alkyl or cyclic N) is 1. The number of carbonyl (C=O) groups excluding carboxylic acids is 2. The van der Waals surface area contributed by atoms with E-state index in [9.17, 15) is 14.7 Å². The molecule has 2 rings (SSSR count). The number of rotatable bonds is 9. The second kappa shape index (κ2) is 11.9. The highest BCUT2D eigenvalue weighted by molar-refractivity contribution is 7.80. The monoisotopic (exact) mass is 450 g/mol. The molecule has 174 valence electrons. The van der Waals surface area contributed by atoms with Crippen molar-refractivity contribution in [2.75, 3.05) is 18.8 Å². The predicted molar refractivity (Wildman–Crippen MR) is 127 cm³/mol. The van der Waals surface area contributed by atoms with Crippen molar-refractivity contribution in [3.05, 3.63) is 35.9 Å². The van der Waals surface area contributed by atoms with Crippen LogP contribution in [0, 0.1) is 0 Å². The number of hydrogen-bond acceptors (Lipinski definition) is 6. The maximum Gasteiger partial charge on any atom is 0.238 e. The standard InChI is InChI=1S/C23H38N4O3S/c1-23(2,3)26-22(30)19-11-7-8-12-27(19)14-20(28)18(25-21(29)17(24)15-31)13-16-9-5-4-6-10-16/h4-6,9-10,17-20,28,31H,7-8,11-15,24H2,1-3H3,(H,25,29)(H,26,30)/t17-,18-,19-,20+/m0/s1. The average molecular weight is 451 g/mol. The number of hydrogen-bond donors (Lipinski definition) is 5. The van der Waals surface area contributed by atoms with E-state index in [0.717, 1.165) is 31.4 Å². The zero-order valence-electron chi connectivity index (χ0n) is 18.9. The Bertz CT molecular complexity index is 711. The Morgan fingerprint density at radius 3 is 2.55 bits per heavy atom. The molecule has 2 amide bonds. The molecule has 1 saturated heterocycles. The van der Waals surface area contributed by atoms with Crippen molar-refractivity contribution in [2.45, 2.75) is 76.2 Å². The van der Waals surface area contributed by atoms with Crippen LogP contribution >= 0.6 is 12.6 Å². The summed E-state index contributed by atoms with van der Waals surface area (Å²) in [5.41, 5.74) is 6.52. The molecule has 1 heterocycles. The number of nitrogens with one attached hydrogen (secondary N) is 2. The van der Waals surface area contributed by atoms with Crippen LogP contribution in [0.15, 0.2) is 30.3 Å². The van der Waals surface area contributed by atoms with Crippen molar-refractivity contribution in [3.8, 4) is 0 Å². The van der Waals surface area contributed by atoms with Gasteiger partial charge in [-0.3, -0.25) is 14.5 Å². The number of thiol groups is 1. The number of carbonyl (C=O) groups is 2. The molecule has 0 aliphatic carbocycles. The van der Waals surface area contributed by atoms with Gasteiger partial charge >= 0.3 is 0 Å². The first kappa shape index (κ1) is 25.6. The highest BCUT2D eigenvalue weighted by Crippen LogP contribution is 2.20. The topological polar surface area (TPSA) is 108 Å². The maximum atomic E-state index is 12.8. The molecule has 1 aromatic rings. The molecule has 0 spiro atoms. The molecule has 8 heteroatoms. The van der Waals surface area contributed by atoms with Crippen LogP contribution in [-0.2, 0) is 16.0 Å². The van der Waals surface area contributed by atoms with E-state index in [0.29, 0.717) is 13.0 Å². The maximum absolute atomic E-state index is 12.8. The number of nitrogens with two attached hydrogens (primary N) is 1. The van der Waals surface area contributed by atoms with Crippen molar-refractivity contribution < 1.29 is 14.7 Å². The van der Waals surface area contributed by atoms with E-state index < -0.39 is 18.2 Å². The minimum Gasteiger partial charge on any atom is -0.390 e. The zero-order chi connectivity index (χ0) is 23.0. The molecule has 31 heavy (non-hydrogen) atoms. The fraction of sp³-hybridized carbons (Fsp3) is 0.652. The SMILES string of the molecule is CC(C)(C)NC(=O)[C@@H]1CCCCN1C[C@@H](O)[C@H](Cc1ccccc1)NC(=O)[C@@H](N)CS. The van der Waals surface area contributed by atoms with Crippen molar-refractivity contribution in [3.63, 3.8) is 0 Å². The van der Waals surface area contributed by atoms with Gasteiger partial charge in [0.1, 0.15) is 0 Å². The van der Waals surface area contributed by atoms with Gasteiger partial charge in [-0.1, -0.05) is 36.8 Å². The number of aliphatic hydroxyl groups is 1. The Morgan fingerprint density at radius 1 is 1.26 bits per heavy atom. The van der Waals surface area contributed by atoms with E-state index in [1.165, 1.54) is 0 Å². The number of benzene rings is 1. The molecule has 1 fully saturated rings. The molecule has 0 unspecified atom stereocenters.